The predicted octanol–water partition coefficient (Wildman–Crippen LogP) is 3.25. The summed E-state index contributed by atoms with van der Waals surface area (Å²) >= 11 is 0. The third-order valence-corrected chi connectivity index (χ3v) is 4.09. The molecular weight excluding hydrogens is 250 g/mol. The van der Waals surface area contributed by atoms with Crippen molar-refractivity contribution in [1.82, 2.24) is 0 Å². The first-order valence-corrected chi connectivity index (χ1v) is 7.52. The lowest BCUT2D eigenvalue weighted by molar-refractivity contribution is 0.318. The molecule has 4 nitrogen and oxygen atoms in total. The molecule has 3 N–H and O–H groups in total. The van der Waals surface area contributed by atoms with E-state index >= 15 is 0 Å². The van der Waals surface area contributed by atoms with Crippen molar-refractivity contribution in [1.29, 1.82) is 0 Å². The third-order valence-electron chi connectivity index (χ3n) is 4.09. The van der Waals surface area contributed by atoms with Gasteiger partial charge in [-0.25, -0.2) is 0 Å². The van der Waals surface area contributed by atoms with E-state index in [0.29, 0.717) is 6.04 Å². The molecule has 1 unspecified atom stereocenters. The summed E-state index contributed by atoms with van der Waals surface area (Å²) in [5.41, 5.74) is 8.93. The Hall–Kier alpha value is -1.71. The molecule has 1 aromatic rings. The molecule has 0 saturated carbocycles. The maximum absolute atomic E-state index is 9.02. The van der Waals surface area contributed by atoms with Crippen molar-refractivity contribution in [2.45, 2.75) is 52.0 Å². The number of hydrogen-bond acceptors (Lipinski definition) is 3. The Balaban J connectivity index is 2.39. The van der Waals surface area contributed by atoms with Gasteiger partial charge < -0.3 is 15.8 Å². The highest BCUT2D eigenvalue weighted by Gasteiger charge is 2.24. The van der Waals surface area contributed by atoms with Crippen LogP contribution in [-0.4, -0.2) is 23.6 Å². The van der Waals surface area contributed by atoms with Crippen LogP contribution in [0.25, 0.3) is 0 Å². The van der Waals surface area contributed by atoms with Gasteiger partial charge in [-0.05, 0) is 44.7 Å². The minimum Gasteiger partial charge on any atom is -0.409 e. The molecule has 0 bridgehead atoms. The summed E-state index contributed by atoms with van der Waals surface area (Å²) in [4.78, 5) is 2.44. The van der Waals surface area contributed by atoms with Crippen molar-refractivity contribution in [2.24, 2.45) is 10.9 Å². The summed E-state index contributed by atoms with van der Waals surface area (Å²) in [6.07, 6.45) is 6.13. The maximum Gasteiger partial charge on any atom is 0.172 e. The number of benzene rings is 1. The van der Waals surface area contributed by atoms with E-state index in [-0.39, 0.29) is 5.84 Å². The smallest absolute Gasteiger partial charge is 0.172 e. The Labute approximate surface area is 121 Å². The molecule has 1 fully saturated rings. The quantitative estimate of drug-likeness (QED) is 0.384. The summed E-state index contributed by atoms with van der Waals surface area (Å²) in [7, 11) is 0. The number of nitrogens with two attached hydrogens (primary N) is 1. The van der Waals surface area contributed by atoms with E-state index in [1.165, 1.54) is 32.1 Å². The highest BCUT2D eigenvalue weighted by atomic mass is 16.4. The summed E-state index contributed by atoms with van der Waals surface area (Å²) in [5, 5.41) is 12.2. The van der Waals surface area contributed by atoms with Gasteiger partial charge in [-0.15, -0.1) is 0 Å². The van der Waals surface area contributed by atoms with E-state index < -0.39 is 0 Å². The fourth-order valence-corrected chi connectivity index (χ4v) is 3.11. The van der Waals surface area contributed by atoms with E-state index in [1.54, 1.807) is 0 Å². The van der Waals surface area contributed by atoms with Gasteiger partial charge in [0.2, 0.25) is 0 Å². The standard InChI is InChI=1S/C16H25N3O/c1-3-6-13-7-4-5-10-19(13)15-9-8-12(2)11-14(15)16(17)18-20/h8-9,11,13,20H,3-7,10H2,1-2H3,(H2,17,18). The van der Waals surface area contributed by atoms with Crippen LogP contribution in [0.5, 0.6) is 0 Å². The van der Waals surface area contributed by atoms with Crippen LogP contribution in [0.15, 0.2) is 23.4 Å². The summed E-state index contributed by atoms with van der Waals surface area (Å²) < 4.78 is 0. The molecule has 4 heteroatoms. The van der Waals surface area contributed by atoms with Gasteiger partial charge in [0.1, 0.15) is 0 Å². The lowest BCUT2D eigenvalue weighted by Gasteiger charge is -2.38. The zero-order chi connectivity index (χ0) is 14.5. The number of aryl methyl sites for hydroxylation is 1. The molecular formula is C16H25N3O. The Morgan fingerprint density at radius 3 is 2.95 bits per heavy atom. The van der Waals surface area contributed by atoms with Gasteiger partial charge in [0.15, 0.2) is 5.84 Å². The Morgan fingerprint density at radius 2 is 2.25 bits per heavy atom. The number of nitrogens with zero attached hydrogens (tertiary/aromatic N) is 2. The van der Waals surface area contributed by atoms with Crippen LogP contribution in [0.4, 0.5) is 5.69 Å². The molecule has 1 aliphatic heterocycles. The van der Waals surface area contributed by atoms with E-state index in [2.05, 4.69) is 29.1 Å². The second kappa shape index (κ2) is 6.64. The number of hydrogen-bond donors (Lipinski definition) is 2. The van der Waals surface area contributed by atoms with E-state index in [0.717, 1.165) is 23.4 Å². The molecule has 0 aliphatic carbocycles. The van der Waals surface area contributed by atoms with E-state index in [1.807, 2.05) is 13.0 Å². The average Bonchev–Trinajstić information content (AvgIpc) is 2.47. The topological polar surface area (TPSA) is 61.8 Å². The number of piperidine rings is 1. The SMILES string of the molecule is CCCC1CCCCN1c1ccc(C)cc1/C(N)=N/O. The predicted molar refractivity (Wildman–Crippen MR) is 83.6 cm³/mol. The van der Waals surface area contributed by atoms with Crippen molar-refractivity contribution in [2.75, 3.05) is 11.4 Å². The van der Waals surface area contributed by atoms with Crippen molar-refractivity contribution < 1.29 is 5.21 Å². The maximum atomic E-state index is 9.02. The van der Waals surface area contributed by atoms with Gasteiger partial charge >= 0.3 is 0 Å². The molecule has 1 heterocycles. The molecule has 0 aromatic heterocycles. The number of rotatable bonds is 4. The van der Waals surface area contributed by atoms with Crippen LogP contribution < -0.4 is 10.6 Å². The lowest BCUT2D eigenvalue weighted by Crippen LogP contribution is -2.40. The van der Waals surface area contributed by atoms with Gasteiger partial charge in [0.25, 0.3) is 0 Å². The Morgan fingerprint density at radius 1 is 1.45 bits per heavy atom. The third kappa shape index (κ3) is 3.06. The van der Waals surface area contributed by atoms with Gasteiger partial charge in [-0.3, -0.25) is 0 Å². The highest BCUT2D eigenvalue weighted by molar-refractivity contribution is 6.02. The zero-order valence-corrected chi connectivity index (χ0v) is 12.5. The Kier molecular flexibility index (Phi) is 4.88. The minimum absolute atomic E-state index is 0.199. The fraction of sp³-hybridized carbons (Fsp3) is 0.562. The van der Waals surface area contributed by atoms with Crippen LogP contribution in [-0.2, 0) is 0 Å². The first-order valence-electron chi connectivity index (χ1n) is 7.52. The van der Waals surface area contributed by atoms with Crippen LogP contribution in [0.1, 0.15) is 50.2 Å². The number of amidine groups is 1. The van der Waals surface area contributed by atoms with Gasteiger partial charge in [-0.1, -0.05) is 30.1 Å². The minimum atomic E-state index is 0.199. The van der Waals surface area contributed by atoms with Crippen LogP contribution in [0.2, 0.25) is 0 Å². The van der Waals surface area contributed by atoms with Crippen LogP contribution in [0.3, 0.4) is 0 Å². The summed E-state index contributed by atoms with van der Waals surface area (Å²) in [6.45, 7) is 5.31. The molecule has 1 saturated heterocycles. The van der Waals surface area contributed by atoms with Gasteiger partial charge in [0.05, 0.1) is 0 Å². The number of oxime groups is 1. The summed E-state index contributed by atoms with van der Waals surface area (Å²) in [6, 6.07) is 6.78. The number of anilines is 1. The molecule has 2 rings (SSSR count). The van der Waals surface area contributed by atoms with Crippen molar-refractivity contribution in [3.63, 3.8) is 0 Å². The first kappa shape index (κ1) is 14.7. The monoisotopic (exact) mass is 275 g/mol. The second-order valence-electron chi connectivity index (χ2n) is 5.64. The molecule has 1 aromatic carbocycles. The van der Waals surface area contributed by atoms with Gasteiger partial charge in [-0.2, -0.15) is 0 Å². The molecule has 0 amide bonds. The molecule has 1 aliphatic rings. The van der Waals surface area contributed by atoms with Crippen molar-refractivity contribution in [3.05, 3.63) is 29.3 Å². The largest absolute Gasteiger partial charge is 0.409 e. The summed E-state index contributed by atoms with van der Waals surface area (Å²) in [5.74, 6) is 0.199. The van der Waals surface area contributed by atoms with Crippen LogP contribution >= 0.6 is 0 Å². The first-order chi connectivity index (χ1) is 9.67. The van der Waals surface area contributed by atoms with E-state index in [9.17, 15) is 0 Å². The normalized spacial score (nSPS) is 20.2. The average molecular weight is 275 g/mol. The molecule has 1 atom stereocenters. The lowest BCUT2D eigenvalue weighted by atomic mass is 9.96. The molecule has 0 radical (unpaired) electrons. The van der Waals surface area contributed by atoms with Crippen LogP contribution in [0, 0.1) is 6.92 Å². The second-order valence-corrected chi connectivity index (χ2v) is 5.64. The molecule has 110 valence electrons. The van der Waals surface area contributed by atoms with Gasteiger partial charge in [0, 0.05) is 23.8 Å². The van der Waals surface area contributed by atoms with Crippen molar-refractivity contribution in [3.8, 4) is 0 Å². The van der Waals surface area contributed by atoms with Crippen molar-refractivity contribution >= 4 is 11.5 Å². The highest BCUT2D eigenvalue weighted by Crippen LogP contribution is 2.30. The molecule has 20 heavy (non-hydrogen) atoms. The Bertz CT molecular complexity index is 483. The fourth-order valence-electron chi connectivity index (χ4n) is 3.11. The zero-order valence-electron chi connectivity index (χ0n) is 12.5. The van der Waals surface area contributed by atoms with E-state index in [4.69, 9.17) is 10.9 Å². The molecule has 0 spiro atoms.